The highest BCUT2D eigenvalue weighted by atomic mass is 35.5. The zero-order valence-electron chi connectivity index (χ0n) is 8.99. The Balaban J connectivity index is 3.59. The van der Waals surface area contributed by atoms with E-state index in [0.717, 1.165) is 9.13 Å². The maximum Gasteiger partial charge on any atom is 0.332 e. The Morgan fingerprint density at radius 2 is 1.88 bits per heavy atom. The number of halogens is 1. The van der Waals surface area contributed by atoms with Gasteiger partial charge in [-0.3, -0.25) is 18.7 Å². The standard InChI is InChI=1S/C9H12ClN3O3/c1-12-7(11)6(5(14)3-4-10)8(15)13(2)9(12)16/h3-4,11H2,1-2H3. The van der Waals surface area contributed by atoms with Gasteiger partial charge in [0.05, 0.1) is 0 Å². The molecular weight excluding hydrogens is 234 g/mol. The summed E-state index contributed by atoms with van der Waals surface area (Å²) in [5, 5.41) is 0. The summed E-state index contributed by atoms with van der Waals surface area (Å²) in [6, 6.07) is 0. The van der Waals surface area contributed by atoms with Crippen LogP contribution in [0.3, 0.4) is 0 Å². The Morgan fingerprint density at radius 1 is 1.31 bits per heavy atom. The van der Waals surface area contributed by atoms with Crippen molar-refractivity contribution in [1.82, 2.24) is 9.13 Å². The van der Waals surface area contributed by atoms with Gasteiger partial charge in [-0.1, -0.05) is 0 Å². The molecule has 0 saturated heterocycles. The van der Waals surface area contributed by atoms with Crippen LogP contribution in [0.15, 0.2) is 9.59 Å². The van der Waals surface area contributed by atoms with Crippen molar-refractivity contribution in [2.24, 2.45) is 14.1 Å². The number of rotatable bonds is 3. The molecule has 1 aromatic rings. The topological polar surface area (TPSA) is 87.1 Å². The highest BCUT2D eigenvalue weighted by Gasteiger charge is 2.19. The molecule has 16 heavy (non-hydrogen) atoms. The van der Waals surface area contributed by atoms with Crippen LogP contribution in [0.5, 0.6) is 0 Å². The normalized spacial score (nSPS) is 10.4. The molecule has 0 spiro atoms. The molecule has 6 nitrogen and oxygen atoms in total. The predicted molar refractivity (Wildman–Crippen MR) is 61.0 cm³/mol. The molecule has 0 radical (unpaired) electrons. The van der Waals surface area contributed by atoms with Crippen molar-refractivity contribution in [3.63, 3.8) is 0 Å². The number of hydrogen-bond acceptors (Lipinski definition) is 4. The summed E-state index contributed by atoms with van der Waals surface area (Å²) in [5.41, 5.74) is 4.14. The number of Topliss-reactive ketones (excluding diaryl/α,β-unsaturated/α-hetero) is 1. The van der Waals surface area contributed by atoms with Crippen molar-refractivity contribution >= 4 is 23.2 Å². The van der Waals surface area contributed by atoms with Crippen LogP contribution in [0, 0.1) is 0 Å². The van der Waals surface area contributed by atoms with Gasteiger partial charge in [-0.05, 0) is 0 Å². The highest BCUT2D eigenvalue weighted by molar-refractivity contribution is 6.19. The van der Waals surface area contributed by atoms with E-state index in [0.29, 0.717) is 0 Å². The smallest absolute Gasteiger partial charge is 0.332 e. The van der Waals surface area contributed by atoms with Crippen LogP contribution in [0.4, 0.5) is 5.82 Å². The van der Waals surface area contributed by atoms with E-state index in [1.54, 1.807) is 0 Å². The first-order valence-corrected chi connectivity index (χ1v) is 5.10. The average molecular weight is 246 g/mol. The molecule has 0 fully saturated rings. The molecule has 0 amide bonds. The van der Waals surface area contributed by atoms with Gasteiger partial charge in [-0.2, -0.15) is 0 Å². The van der Waals surface area contributed by atoms with E-state index in [9.17, 15) is 14.4 Å². The molecule has 1 aromatic heterocycles. The Kier molecular flexibility index (Phi) is 3.54. The van der Waals surface area contributed by atoms with E-state index in [1.165, 1.54) is 14.1 Å². The van der Waals surface area contributed by atoms with Crippen LogP contribution in [0.25, 0.3) is 0 Å². The minimum Gasteiger partial charge on any atom is -0.384 e. The molecule has 2 N–H and O–H groups in total. The largest absolute Gasteiger partial charge is 0.384 e. The zero-order chi connectivity index (χ0) is 12.5. The van der Waals surface area contributed by atoms with Gasteiger partial charge < -0.3 is 5.73 Å². The Labute approximate surface area is 96.2 Å². The fourth-order valence-electron chi connectivity index (χ4n) is 1.33. The summed E-state index contributed by atoms with van der Waals surface area (Å²) in [5.74, 6) is -0.475. The molecule has 0 bridgehead atoms. The van der Waals surface area contributed by atoms with Crippen LogP contribution in [-0.4, -0.2) is 20.8 Å². The van der Waals surface area contributed by atoms with E-state index in [1.807, 2.05) is 0 Å². The summed E-state index contributed by atoms with van der Waals surface area (Å²) < 4.78 is 1.90. The van der Waals surface area contributed by atoms with Crippen LogP contribution < -0.4 is 17.0 Å². The maximum atomic E-state index is 11.7. The first-order chi connectivity index (χ1) is 7.41. The number of aromatic nitrogens is 2. The first kappa shape index (κ1) is 12.5. The monoisotopic (exact) mass is 245 g/mol. The summed E-state index contributed by atoms with van der Waals surface area (Å²) >= 11 is 5.42. The predicted octanol–water partition coefficient (Wildman–Crippen LogP) is -0.522. The summed E-state index contributed by atoms with van der Waals surface area (Å²) in [4.78, 5) is 34.7. The van der Waals surface area contributed by atoms with E-state index >= 15 is 0 Å². The number of nitrogen functional groups attached to an aromatic ring is 1. The van der Waals surface area contributed by atoms with Crippen molar-refractivity contribution in [3.05, 3.63) is 26.4 Å². The number of carbonyl (C=O) groups excluding carboxylic acids is 1. The fourth-order valence-corrected chi connectivity index (χ4v) is 1.50. The third kappa shape index (κ3) is 1.88. The lowest BCUT2D eigenvalue weighted by Gasteiger charge is -2.09. The molecule has 0 atom stereocenters. The molecule has 0 saturated carbocycles. The number of nitrogens with two attached hydrogens (primary N) is 1. The molecule has 0 aliphatic carbocycles. The molecule has 1 rings (SSSR count). The van der Waals surface area contributed by atoms with Crippen LogP contribution in [-0.2, 0) is 14.1 Å². The molecule has 88 valence electrons. The molecular formula is C9H12ClN3O3. The van der Waals surface area contributed by atoms with Gasteiger partial charge in [0.2, 0.25) is 0 Å². The van der Waals surface area contributed by atoms with Gasteiger partial charge in [0.15, 0.2) is 5.78 Å². The maximum absolute atomic E-state index is 11.7. The molecule has 7 heteroatoms. The number of carbonyl (C=O) groups is 1. The van der Waals surface area contributed by atoms with Gasteiger partial charge in [0.1, 0.15) is 11.4 Å². The average Bonchev–Trinajstić information content (AvgIpc) is 2.24. The van der Waals surface area contributed by atoms with Crippen molar-refractivity contribution in [2.45, 2.75) is 6.42 Å². The SMILES string of the molecule is Cn1c(N)c(C(=O)CCCl)c(=O)n(C)c1=O. The quantitative estimate of drug-likeness (QED) is 0.573. The third-order valence-corrected chi connectivity index (χ3v) is 2.50. The Bertz CT molecular complexity index is 544. The van der Waals surface area contributed by atoms with E-state index < -0.39 is 17.0 Å². The fraction of sp³-hybridized carbons (Fsp3) is 0.444. The molecule has 0 aliphatic heterocycles. The van der Waals surface area contributed by atoms with Crippen LogP contribution in [0.1, 0.15) is 16.8 Å². The minimum absolute atomic E-state index is 0.0131. The Hall–Kier alpha value is -1.56. The first-order valence-electron chi connectivity index (χ1n) is 4.56. The van der Waals surface area contributed by atoms with Gasteiger partial charge >= 0.3 is 5.69 Å². The van der Waals surface area contributed by atoms with E-state index in [-0.39, 0.29) is 23.7 Å². The second kappa shape index (κ2) is 4.52. The molecule has 0 unspecified atom stereocenters. The lowest BCUT2D eigenvalue weighted by Crippen LogP contribution is -2.41. The van der Waals surface area contributed by atoms with Gasteiger partial charge in [-0.15, -0.1) is 11.6 Å². The number of nitrogens with zero attached hydrogens (tertiary/aromatic N) is 2. The minimum atomic E-state index is -0.685. The molecule has 0 aromatic carbocycles. The third-order valence-electron chi connectivity index (χ3n) is 2.31. The van der Waals surface area contributed by atoms with Crippen molar-refractivity contribution in [3.8, 4) is 0 Å². The van der Waals surface area contributed by atoms with E-state index in [4.69, 9.17) is 17.3 Å². The summed E-state index contributed by atoms with van der Waals surface area (Å²) in [6.45, 7) is 0. The number of ketones is 1. The highest BCUT2D eigenvalue weighted by Crippen LogP contribution is 2.06. The molecule has 0 aliphatic rings. The second-order valence-corrected chi connectivity index (χ2v) is 3.71. The van der Waals surface area contributed by atoms with Gasteiger partial charge in [0, 0.05) is 26.4 Å². The number of alkyl halides is 1. The number of hydrogen-bond donors (Lipinski definition) is 1. The summed E-state index contributed by atoms with van der Waals surface area (Å²) in [6.07, 6.45) is 0.0131. The number of anilines is 1. The van der Waals surface area contributed by atoms with Crippen molar-refractivity contribution < 1.29 is 4.79 Å². The van der Waals surface area contributed by atoms with Gasteiger partial charge in [0.25, 0.3) is 5.56 Å². The Morgan fingerprint density at radius 3 is 2.38 bits per heavy atom. The van der Waals surface area contributed by atoms with Crippen molar-refractivity contribution in [1.29, 1.82) is 0 Å². The van der Waals surface area contributed by atoms with E-state index in [2.05, 4.69) is 0 Å². The van der Waals surface area contributed by atoms with Gasteiger partial charge in [-0.25, -0.2) is 4.79 Å². The van der Waals surface area contributed by atoms with Crippen molar-refractivity contribution in [2.75, 3.05) is 11.6 Å². The second-order valence-electron chi connectivity index (χ2n) is 3.33. The lowest BCUT2D eigenvalue weighted by atomic mass is 10.1. The van der Waals surface area contributed by atoms with Crippen LogP contribution in [0.2, 0.25) is 0 Å². The van der Waals surface area contributed by atoms with Crippen LogP contribution >= 0.6 is 11.6 Å². The molecule has 1 heterocycles. The lowest BCUT2D eigenvalue weighted by molar-refractivity contribution is 0.0987. The zero-order valence-corrected chi connectivity index (χ0v) is 9.74. The summed E-state index contributed by atoms with van der Waals surface area (Å²) in [7, 11) is 2.69.